The Labute approximate surface area is 139 Å². The number of carbonyl (C=O) groups is 1. The Bertz CT molecular complexity index is 597. The number of amides is 2. The van der Waals surface area contributed by atoms with Crippen LogP contribution in [0.1, 0.15) is 6.92 Å². The number of anilines is 1. The normalized spacial score (nSPS) is 22.7. The number of urea groups is 1. The van der Waals surface area contributed by atoms with Gasteiger partial charge in [-0.2, -0.15) is 0 Å². The molecule has 3 rings (SSSR count). The van der Waals surface area contributed by atoms with Gasteiger partial charge in [0.25, 0.3) is 0 Å². The molecule has 0 bridgehead atoms. The van der Waals surface area contributed by atoms with E-state index in [1.54, 1.807) is 12.1 Å². The summed E-state index contributed by atoms with van der Waals surface area (Å²) in [6, 6.07) is 2.55. The third kappa shape index (κ3) is 3.31. The molecule has 1 aromatic rings. The SMILES string of the molecule is CCN(C(=O)Nc1cc2c(cc1Cl)OCCO2)[C@@H]1COC[C@H]1O. The van der Waals surface area contributed by atoms with E-state index in [2.05, 4.69) is 5.32 Å². The van der Waals surface area contributed by atoms with Crippen LogP contribution in [-0.4, -0.2) is 61.2 Å². The smallest absolute Gasteiger partial charge is 0.322 e. The number of hydrogen-bond acceptors (Lipinski definition) is 5. The van der Waals surface area contributed by atoms with Gasteiger partial charge in [-0.05, 0) is 6.92 Å². The Morgan fingerprint density at radius 2 is 2.04 bits per heavy atom. The van der Waals surface area contributed by atoms with Crippen LogP contribution >= 0.6 is 11.6 Å². The van der Waals surface area contributed by atoms with E-state index < -0.39 is 6.10 Å². The summed E-state index contributed by atoms with van der Waals surface area (Å²) in [5.74, 6) is 1.11. The highest BCUT2D eigenvalue weighted by atomic mass is 35.5. The number of hydrogen-bond donors (Lipinski definition) is 2. The molecule has 2 N–H and O–H groups in total. The first kappa shape index (κ1) is 16.2. The lowest BCUT2D eigenvalue weighted by Gasteiger charge is -2.29. The van der Waals surface area contributed by atoms with Crippen LogP contribution in [0.5, 0.6) is 11.5 Å². The molecule has 0 aliphatic carbocycles. The van der Waals surface area contributed by atoms with Crippen molar-refractivity contribution in [2.24, 2.45) is 0 Å². The van der Waals surface area contributed by atoms with Crippen molar-refractivity contribution in [1.82, 2.24) is 4.90 Å². The molecule has 0 aromatic heterocycles. The third-order valence-electron chi connectivity index (χ3n) is 3.90. The second-order valence-electron chi connectivity index (χ2n) is 5.36. The second-order valence-corrected chi connectivity index (χ2v) is 5.77. The van der Waals surface area contributed by atoms with Crippen LogP contribution in [0, 0.1) is 0 Å². The fraction of sp³-hybridized carbons (Fsp3) is 0.533. The van der Waals surface area contributed by atoms with Crippen LogP contribution in [0.3, 0.4) is 0 Å². The lowest BCUT2D eigenvalue weighted by atomic mass is 10.2. The molecule has 1 fully saturated rings. The summed E-state index contributed by atoms with van der Waals surface area (Å²) < 4.78 is 16.2. The Hall–Kier alpha value is -1.70. The zero-order valence-corrected chi connectivity index (χ0v) is 13.5. The summed E-state index contributed by atoms with van der Waals surface area (Å²) in [5.41, 5.74) is 0.438. The van der Waals surface area contributed by atoms with Gasteiger partial charge in [0, 0.05) is 18.7 Å². The van der Waals surface area contributed by atoms with E-state index in [1.165, 1.54) is 4.90 Å². The Kier molecular flexibility index (Phi) is 4.79. The zero-order valence-electron chi connectivity index (χ0n) is 12.8. The molecule has 2 atom stereocenters. The molecule has 1 saturated heterocycles. The van der Waals surface area contributed by atoms with Crippen molar-refractivity contribution in [3.05, 3.63) is 17.2 Å². The first-order chi connectivity index (χ1) is 11.1. The minimum atomic E-state index is -0.684. The van der Waals surface area contributed by atoms with Crippen molar-refractivity contribution in [1.29, 1.82) is 0 Å². The lowest BCUT2D eigenvalue weighted by Crippen LogP contribution is -2.48. The molecule has 0 saturated carbocycles. The first-order valence-electron chi connectivity index (χ1n) is 7.52. The topological polar surface area (TPSA) is 80.3 Å². The van der Waals surface area contributed by atoms with Gasteiger partial charge in [0.2, 0.25) is 0 Å². The minimum Gasteiger partial charge on any atom is -0.486 e. The number of benzene rings is 1. The summed E-state index contributed by atoms with van der Waals surface area (Å²) in [7, 11) is 0. The molecule has 7 nitrogen and oxygen atoms in total. The number of aliphatic hydroxyl groups is 1. The Balaban J connectivity index is 1.76. The van der Waals surface area contributed by atoms with E-state index in [1.807, 2.05) is 6.92 Å². The van der Waals surface area contributed by atoms with E-state index in [0.29, 0.717) is 48.6 Å². The predicted molar refractivity (Wildman–Crippen MR) is 84.5 cm³/mol. The lowest BCUT2D eigenvalue weighted by molar-refractivity contribution is 0.1000. The van der Waals surface area contributed by atoms with Gasteiger partial charge in [0.05, 0.1) is 36.1 Å². The molecule has 0 radical (unpaired) electrons. The molecule has 8 heteroatoms. The van der Waals surface area contributed by atoms with Crippen LogP contribution in [0.2, 0.25) is 5.02 Å². The maximum Gasteiger partial charge on any atom is 0.322 e. The number of carbonyl (C=O) groups excluding carboxylic acids is 1. The highest BCUT2D eigenvalue weighted by Gasteiger charge is 2.34. The van der Waals surface area contributed by atoms with E-state index >= 15 is 0 Å². The summed E-state index contributed by atoms with van der Waals surface area (Å²) in [4.78, 5) is 14.0. The number of ether oxygens (including phenoxy) is 3. The van der Waals surface area contributed by atoms with Gasteiger partial charge in [-0.3, -0.25) is 0 Å². The third-order valence-corrected chi connectivity index (χ3v) is 4.21. The molecule has 0 spiro atoms. The highest BCUT2D eigenvalue weighted by Crippen LogP contribution is 2.38. The highest BCUT2D eigenvalue weighted by molar-refractivity contribution is 6.34. The molecule has 2 aliphatic heterocycles. The molecule has 2 aliphatic rings. The number of likely N-dealkylation sites (N-methyl/N-ethyl adjacent to an activating group) is 1. The van der Waals surface area contributed by atoms with Gasteiger partial charge in [-0.15, -0.1) is 0 Å². The van der Waals surface area contributed by atoms with E-state index in [4.69, 9.17) is 25.8 Å². The molecule has 0 unspecified atom stereocenters. The van der Waals surface area contributed by atoms with Gasteiger partial charge < -0.3 is 29.5 Å². The average molecular weight is 343 g/mol. The van der Waals surface area contributed by atoms with Crippen LogP contribution in [-0.2, 0) is 4.74 Å². The second kappa shape index (κ2) is 6.82. The molecule has 2 amide bonds. The average Bonchev–Trinajstić information content (AvgIpc) is 2.95. The predicted octanol–water partition coefficient (Wildman–Crippen LogP) is 1.72. The number of fused-ring (bicyclic) bond motifs is 1. The first-order valence-corrected chi connectivity index (χ1v) is 7.90. The summed E-state index contributed by atoms with van der Waals surface area (Å²) in [5, 5.41) is 13.0. The molecular weight excluding hydrogens is 324 g/mol. The van der Waals surface area contributed by atoms with E-state index in [9.17, 15) is 9.90 Å². The molecule has 126 valence electrons. The van der Waals surface area contributed by atoms with Crippen LogP contribution in [0.4, 0.5) is 10.5 Å². The number of halogens is 1. The summed E-state index contributed by atoms with van der Waals surface area (Å²) >= 11 is 6.20. The van der Waals surface area contributed by atoms with Crippen molar-refractivity contribution in [2.45, 2.75) is 19.1 Å². The van der Waals surface area contributed by atoms with Crippen LogP contribution in [0.15, 0.2) is 12.1 Å². The maximum atomic E-state index is 12.5. The standard InChI is InChI=1S/C15H19ClN2O5/c1-2-18(11-7-21-8-12(11)19)15(20)17-10-6-14-13(5-9(10)16)22-3-4-23-14/h5-6,11-12,19H,2-4,7-8H2,1H3,(H,17,20)/t11-,12-/m1/s1. The molecular formula is C15H19ClN2O5. The fourth-order valence-electron chi connectivity index (χ4n) is 2.70. The largest absolute Gasteiger partial charge is 0.486 e. The number of rotatable bonds is 3. The molecule has 1 aromatic carbocycles. The van der Waals surface area contributed by atoms with Gasteiger partial charge in [-0.1, -0.05) is 11.6 Å². The van der Waals surface area contributed by atoms with Crippen molar-refractivity contribution in [3.63, 3.8) is 0 Å². The number of aliphatic hydroxyl groups excluding tert-OH is 1. The van der Waals surface area contributed by atoms with Crippen molar-refractivity contribution in [3.8, 4) is 11.5 Å². The molecule has 2 heterocycles. The summed E-state index contributed by atoms with van der Waals surface area (Å²) in [6.07, 6.45) is -0.684. The van der Waals surface area contributed by atoms with Crippen molar-refractivity contribution in [2.75, 3.05) is 38.3 Å². The molecule has 23 heavy (non-hydrogen) atoms. The number of nitrogens with zero attached hydrogens (tertiary/aromatic N) is 1. The van der Waals surface area contributed by atoms with Crippen molar-refractivity contribution >= 4 is 23.3 Å². The van der Waals surface area contributed by atoms with Crippen molar-refractivity contribution < 1.29 is 24.1 Å². The Morgan fingerprint density at radius 3 is 2.65 bits per heavy atom. The number of nitrogens with one attached hydrogen (secondary N) is 1. The van der Waals surface area contributed by atoms with Gasteiger partial charge in [-0.25, -0.2) is 4.79 Å². The monoisotopic (exact) mass is 342 g/mol. The van der Waals surface area contributed by atoms with Gasteiger partial charge in [0.1, 0.15) is 13.2 Å². The van der Waals surface area contributed by atoms with Crippen LogP contribution in [0.25, 0.3) is 0 Å². The quantitative estimate of drug-likeness (QED) is 0.874. The van der Waals surface area contributed by atoms with E-state index in [-0.39, 0.29) is 18.7 Å². The fourth-order valence-corrected chi connectivity index (χ4v) is 2.91. The van der Waals surface area contributed by atoms with Gasteiger partial charge >= 0.3 is 6.03 Å². The van der Waals surface area contributed by atoms with E-state index in [0.717, 1.165) is 0 Å². The minimum absolute atomic E-state index is 0.235. The van der Waals surface area contributed by atoms with Crippen LogP contribution < -0.4 is 14.8 Å². The van der Waals surface area contributed by atoms with Gasteiger partial charge in [0.15, 0.2) is 11.5 Å². The zero-order chi connectivity index (χ0) is 16.4. The summed E-state index contributed by atoms with van der Waals surface area (Å²) in [6.45, 7) is 3.76. The Morgan fingerprint density at radius 1 is 1.35 bits per heavy atom. The maximum absolute atomic E-state index is 12.5.